The SMILES string of the molecule is CC1(C)COCCN1CCNC(=O)C1(N)CC1.Cl.Cl. The number of rotatable bonds is 4. The number of nitrogens with one attached hydrogen (secondary N) is 1. The minimum absolute atomic E-state index is 0. The highest BCUT2D eigenvalue weighted by Gasteiger charge is 2.45. The largest absolute Gasteiger partial charge is 0.378 e. The normalized spacial score (nSPS) is 23.7. The van der Waals surface area contributed by atoms with Crippen LogP contribution in [-0.4, -0.2) is 54.7 Å². The van der Waals surface area contributed by atoms with Gasteiger partial charge < -0.3 is 15.8 Å². The van der Waals surface area contributed by atoms with Gasteiger partial charge in [-0.3, -0.25) is 9.69 Å². The van der Waals surface area contributed by atoms with E-state index in [2.05, 4.69) is 24.1 Å². The predicted octanol–water partition coefficient (Wildman–Crippen LogP) is 0.548. The van der Waals surface area contributed by atoms with E-state index < -0.39 is 5.54 Å². The second-order valence-electron chi connectivity index (χ2n) is 5.76. The summed E-state index contributed by atoms with van der Waals surface area (Å²) in [5, 5.41) is 2.92. The van der Waals surface area contributed by atoms with E-state index in [9.17, 15) is 4.79 Å². The lowest BCUT2D eigenvalue weighted by atomic mass is 10.0. The van der Waals surface area contributed by atoms with Crippen molar-refractivity contribution in [1.82, 2.24) is 10.2 Å². The maximum absolute atomic E-state index is 11.7. The van der Waals surface area contributed by atoms with Crippen LogP contribution in [0, 0.1) is 0 Å². The molecule has 1 aliphatic heterocycles. The van der Waals surface area contributed by atoms with Gasteiger partial charge in [-0.05, 0) is 26.7 Å². The Morgan fingerprint density at radius 2 is 2.00 bits per heavy atom. The second-order valence-corrected chi connectivity index (χ2v) is 5.76. The fourth-order valence-electron chi connectivity index (χ4n) is 2.15. The van der Waals surface area contributed by atoms with Gasteiger partial charge in [0.2, 0.25) is 5.91 Å². The van der Waals surface area contributed by atoms with Gasteiger partial charge in [-0.15, -0.1) is 24.8 Å². The summed E-state index contributed by atoms with van der Waals surface area (Å²) in [6.45, 7) is 8.31. The molecule has 1 saturated heterocycles. The van der Waals surface area contributed by atoms with Crippen molar-refractivity contribution in [2.75, 3.05) is 32.8 Å². The molecule has 114 valence electrons. The van der Waals surface area contributed by atoms with Crippen LogP contribution in [-0.2, 0) is 9.53 Å². The van der Waals surface area contributed by atoms with Crippen LogP contribution in [0.1, 0.15) is 26.7 Å². The zero-order chi connectivity index (χ0) is 12.5. The molecule has 0 aromatic carbocycles. The number of halogens is 2. The number of amides is 1. The Hall–Kier alpha value is -0.0700. The zero-order valence-electron chi connectivity index (χ0n) is 11.6. The van der Waals surface area contributed by atoms with E-state index in [-0.39, 0.29) is 36.3 Å². The molecular weight excluding hydrogens is 289 g/mol. The van der Waals surface area contributed by atoms with Gasteiger partial charge in [0.05, 0.1) is 18.8 Å². The molecule has 2 fully saturated rings. The summed E-state index contributed by atoms with van der Waals surface area (Å²) in [6.07, 6.45) is 1.64. The average Bonchev–Trinajstić information content (AvgIpc) is 3.00. The molecule has 1 saturated carbocycles. The van der Waals surface area contributed by atoms with Crippen LogP contribution >= 0.6 is 24.8 Å². The summed E-state index contributed by atoms with van der Waals surface area (Å²) in [5.74, 6) is 0.00330. The van der Waals surface area contributed by atoms with Gasteiger partial charge in [0.1, 0.15) is 0 Å². The fourth-order valence-corrected chi connectivity index (χ4v) is 2.15. The topological polar surface area (TPSA) is 67.6 Å². The molecule has 2 aliphatic rings. The van der Waals surface area contributed by atoms with Crippen molar-refractivity contribution in [2.24, 2.45) is 5.73 Å². The minimum Gasteiger partial charge on any atom is -0.378 e. The van der Waals surface area contributed by atoms with Gasteiger partial charge in [-0.2, -0.15) is 0 Å². The van der Waals surface area contributed by atoms with Crippen LogP contribution in [0.5, 0.6) is 0 Å². The van der Waals surface area contributed by atoms with Gasteiger partial charge >= 0.3 is 0 Å². The Balaban J connectivity index is 0.00000162. The Labute approximate surface area is 127 Å². The standard InChI is InChI=1S/C12H23N3O2.2ClH/c1-11(2)9-17-8-7-15(11)6-5-14-10(16)12(13)3-4-12;;/h3-9,13H2,1-2H3,(H,14,16);2*1H. The lowest BCUT2D eigenvalue weighted by Gasteiger charge is -2.42. The highest BCUT2D eigenvalue weighted by Crippen LogP contribution is 2.31. The molecule has 1 heterocycles. The molecule has 0 spiro atoms. The van der Waals surface area contributed by atoms with Crippen molar-refractivity contribution in [2.45, 2.75) is 37.8 Å². The smallest absolute Gasteiger partial charge is 0.240 e. The number of nitrogens with two attached hydrogens (primary N) is 1. The molecule has 0 radical (unpaired) electrons. The molecule has 0 aromatic rings. The van der Waals surface area contributed by atoms with Crippen LogP contribution < -0.4 is 11.1 Å². The lowest BCUT2D eigenvalue weighted by molar-refractivity contribution is -0.123. The summed E-state index contributed by atoms with van der Waals surface area (Å²) >= 11 is 0. The summed E-state index contributed by atoms with van der Waals surface area (Å²) in [7, 11) is 0. The zero-order valence-corrected chi connectivity index (χ0v) is 13.2. The summed E-state index contributed by atoms with van der Waals surface area (Å²) in [5.41, 5.74) is 5.32. The van der Waals surface area contributed by atoms with E-state index in [0.717, 1.165) is 39.1 Å². The Morgan fingerprint density at radius 1 is 1.37 bits per heavy atom. The van der Waals surface area contributed by atoms with Crippen LogP contribution in [0.2, 0.25) is 0 Å². The second kappa shape index (κ2) is 7.09. The van der Waals surface area contributed by atoms with Crippen LogP contribution in [0.4, 0.5) is 0 Å². The van der Waals surface area contributed by atoms with Gasteiger partial charge in [0.15, 0.2) is 0 Å². The Kier molecular flexibility index (Phi) is 7.06. The summed E-state index contributed by atoms with van der Waals surface area (Å²) in [4.78, 5) is 14.0. The van der Waals surface area contributed by atoms with E-state index >= 15 is 0 Å². The highest BCUT2D eigenvalue weighted by atomic mass is 35.5. The third-order valence-electron chi connectivity index (χ3n) is 3.73. The maximum Gasteiger partial charge on any atom is 0.240 e. The van der Waals surface area contributed by atoms with Gasteiger partial charge in [0.25, 0.3) is 0 Å². The van der Waals surface area contributed by atoms with Crippen molar-refractivity contribution < 1.29 is 9.53 Å². The molecule has 0 atom stereocenters. The lowest BCUT2D eigenvalue weighted by Crippen LogP contribution is -2.55. The molecule has 0 unspecified atom stereocenters. The number of nitrogens with zero attached hydrogens (tertiary/aromatic N) is 1. The predicted molar refractivity (Wildman–Crippen MR) is 80.1 cm³/mol. The maximum atomic E-state index is 11.7. The van der Waals surface area contributed by atoms with Crippen molar-refractivity contribution in [3.63, 3.8) is 0 Å². The average molecular weight is 314 g/mol. The highest BCUT2D eigenvalue weighted by molar-refractivity contribution is 5.88. The minimum atomic E-state index is -0.555. The quantitative estimate of drug-likeness (QED) is 0.795. The Bertz CT molecular complexity index is 309. The van der Waals surface area contributed by atoms with E-state index in [1.807, 2.05) is 0 Å². The number of hydrogen-bond acceptors (Lipinski definition) is 4. The first-order chi connectivity index (χ1) is 7.94. The first-order valence-corrected chi connectivity index (χ1v) is 6.34. The van der Waals surface area contributed by atoms with Crippen molar-refractivity contribution in [1.29, 1.82) is 0 Å². The van der Waals surface area contributed by atoms with E-state index in [4.69, 9.17) is 10.5 Å². The van der Waals surface area contributed by atoms with Crippen LogP contribution in [0.15, 0.2) is 0 Å². The van der Waals surface area contributed by atoms with E-state index in [1.165, 1.54) is 0 Å². The molecule has 0 aromatic heterocycles. The molecule has 0 bridgehead atoms. The molecule has 5 nitrogen and oxygen atoms in total. The number of ether oxygens (including phenoxy) is 1. The first kappa shape index (κ1) is 18.9. The molecule has 7 heteroatoms. The van der Waals surface area contributed by atoms with Crippen molar-refractivity contribution in [3.8, 4) is 0 Å². The number of morpholine rings is 1. The van der Waals surface area contributed by atoms with E-state index in [1.54, 1.807) is 0 Å². The number of carbonyl (C=O) groups excluding carboxylic acids is 1. The molecule has 1 amide bonds. The molecular formula is C12H25Cl2N3O2. The van der Waals surface area contributed by atoms with E-state index in [0.29, 0.717) is 6.54 Å². The Morgan fingerprint density at radius 3 is 2.53 bits per heavy atom. The monoisotopic (exact) mass is 313 g/mol. The van der Waals surface area contributed by atoms with Crippen LogP contribution in [0.25, 0.3) is 0 Å². The van der Waals surface area contributed by atoms with Gasteiger partial charge in [-0.25, -0.2) is 0 Å². The van der Waals surface area contributed by atoms with Crippen molar-refractivity contribution in [3.05, 3.63) is 0 Å². The molecule has 1 aliphatic carbocycles. The number of carbonyl (C=O) groups is 1. The van der Waals surface area contributed by atoms with Gasteiger partial charge in [-0.1, -0.05) is 0 Å². The first-order valence-electron chi connectivity index (χ1n) is 6.34. The third kappa shape index (κ3) is 4.76. The fraction of sp³-hybridized carbons (Fsp3) is 0.917. The molecule has 19 heavy (non-hydrogen) atoms. The summed E-state index contributed by atoms with van der Waals surface area (Å²) < 4.78 is 5.46. The number of hydrogen-bond donors (Lipinski definition) is 2. The van der Waals surface area contributed by atoms with Gasteiger partial charge in [0, 0.05) is 25.2 Å². The summed E-state index contributed by atoms with van der Waals surface area (Å²) in [6, 6.07) is 0. The third-order valence-corrected chi connectivity index (χ3v) is 3.73. The van der Waals surface area contributed by atoms with Crippen LogP contribution in [0.3, 0.4) is 0 Å². The molecule has 3 N–H and O–H groups in total. The molecule has 2 rings (SSSR count). The van der Waals surface area contributed by atoms with Crippen molar-refractivity contribution >= 4 is 30.7 Å².